The van der Waals surface area contributed by atoms with E-state index in [1.807, 2.05) is 37.3 Å². The van der Waals surface area contributed by atoms with E-state index >= 15 is 0 Å². The van der Waals surface area contributed by atoms with Gasteiger partial charge >= 0.3 is 0 Å². The Morgan fingerprint density at radius 2 is 2.04 bits per heavy atom. The molecule has 1 atom stereocenters. The van der Waals surface area contributed by atoms with Crippen molar-refractivity contribution in [3.8, 4) is 0 Å². The summed E-state index contributed by atoms with van der Waals surface area (Å²) in [5.74, 6) is 1.24. The lowest BCUT2D eigenvalue weighted by Gasteiger charge is -2.23. The van der Waals surface area contributed by atoms with E-state index in [-0.39, 0.29) is 18.9 Å². The molecule has 0 radical (unpaired) electrons. The Hall–Kier alpha value is -2.66. The maximum atomic E-state index is 12.4. The highest BCUT2D eigenvalue weighted by atomic mass is 16.3. The molecule has 0 bridgehead atoms. The largest absolute Gasteiger partial charge is 0.466 e. The minimum atomic E-state index is -1.19. The molecule has 0 fully saturated rings. The number of amides is 1. The summed E-state index contributed by atoms with van der Waals surface area (Å²) in [6.45, 7) is 5.42. The van der Waals surface area contributed by atoms with Gasteiger partial charge < -0.3 is 14.8 Å². The van der Waals surface area contributed by atoms with Crippen LogP contribution < -0.4 is 5.32 Å². The quantitative estimate of drug-likeness (QED) is 0.750. The lowest BCUT2D eigenvalue weighted by Crippen LogP contribution is -2.39. The molecule has 2 heterocycles. The van der Waals surface area contributed by atoms with Crippen molar-refractivity contribution < 1.29 is 14.3 Å². The fourth-order valence-electron chi connectivity index (χ4n) is 3.08. The number of aromatic nitrogens is 1. The van der Waals surface area contributed by atoms with Crippen LogP contribution in [0.15, 0.2) is 47.0 Å². The molecule has 0 aliphatic carbocycles. The number of pyridine rings is 1. The second kappa shape index (κ2) is 6.69. The van der Waals surface area contributed by atoms with Crippen molar-refractivity contribution >= 4 is 16.8 Å². The molecule has 0 spiro atoms. The van der Waals surface area contributed by atoms with E-state index in [0.29, 0.717) is 11.3 Å². The summed E-state index contributed by atoms with van der Waals surface area (Å²) in [5.41, 5.74) is 1.20. The van der Waals surface area contributed by atoms with Crippen LogP contribution in [0.2, 0.25) is 0 Å². The zero-order chi connectivity index (χ0) is 18.0. The van der Waals surface area contributed by atoms with Gasteiger partial charge in [-0.2, -0.15) is 0 Å². The smallest absolute Gasteiger partial charge is 0.224 e. The summed E-state index contributed by atoms with van der Waals surface area (Å²) in [6, 6.07) is 11.4. The molecule has 5 nitrogen and oxygen atoms in total. The predicted molar refractivity (Wildman–Crippen MR) is 96.2 cm³/mol. The third kappa shape index (κ3) is 3.72. The second-order valence-electron chi connectivity index (χ2n) is 6.55. The first kappa shape index (κ1) is 17.2. The zero-order valence-corrected chi connectivity index (χ0v) is 14.7. The number of hydrogen-bond donors (Lipinski definition) is 2. The number of hydrogen-bond acceptors (Lipinski definition) is 4. The predicted octanol–water partition coefficient (Wildman–Crippen LogP) is 3.01. The molecule has 1 amide bonds. The van der Waals surface area contributed by atoms with Gasteiger partial charge in [-0.1, -0.05) is 24.3 Å². The van der Waals surface area contributed by atoms with Gasteiger partial charge in [-0.25, -0.2) is 0 Å². The number of para-hydroxylation sites is 1. The van der Waals surface area contributed by atoms with Crippen LogP contribution >= 0.6 is 0 Å². The fraction of sp³-hybridized carbons (Fsp3) is 0.300. The van der Waals surface area contributed by atoms with E-state index in [4.69, 9.17) is 4.42 Å². The number of furan rings is 1. The number of nitrogens with zero attached hydrogens (tertiary/aromatic N) is 1. The highest BCUT2D eigenvalue weighted by Gasteiger charge is 2.28. The molecule has 0 saturated carbocycles. The molecule has 0 unspecified atom stereocenters. The summed E-state index contributed by atoms with van der Waals surface area (Å²) in [5, 5.41) is 14.5. The summed E-state index contributed by atoms with van der Waals surface area (Å²) in [4.78, 5) is 16.7. The van der Waals surface area contributed by atoms with Gasteiger partial charge in [-0.15, -0.1) is 0 Å². The first-order chi connectivity index (χ1) is 11.9. The van der Waals surface area contributed by atoms with E-state index in [9.17, 15) is 9.90 Å². The van der Waals surface area contributed by atoms with Crippen molar-refractivity contribution in [3.05, 3.63) is 65.2 Å². The monoisotopic (exact) mass is 338 g/mol. The molecule has 0 aliphatic heterocycles. The minimum absolute atomic E-state index is 0.115. The molecule has 3 rings (SSSR count). The molecular formula is C20H22N2O3. The summed E-state index contributed by atoms with van der Waals surface area (Å²) in [7, 11) is 0. The Morgan fingerprint density at radius 3 is 2.76 bits per heavy atom. The Kier molecular flexibility index (Phi) is 4.59. The Bertz CT molecular complexity index is 907. The van der Waals surface area contributed by atoms with Crippen molar-refractivity contribution in [1.82, 2.24) is 10.3 Å². The van der Waals surface area contributed by atoms with Gasteiger partial charge in [-0.05, 0) is 38.5 Å². The lowest BCUT2D eigenvalue weighted by atomic mass is 9.96. The number of rotatable bonds is 5. The first-order valence-electron chi connectivity index (χ1n) is 8.26. The van der Waals surface area contributed by atoms with E-state index in [1.54, 1.807) is 26.1 Å². The molecule has 130 valence electrons. The molecule has 2 N–H and O–H groups in total. The number of nitrogens with one attached hydrogen (secondary N) is 1. The first-order valence-corrected chi connectivity index (χ1v) is 8.26. The van der Waals surface area contributed by atoms with E-state index in [0.717, 1.165) is 22.2 Å². The third-order valence-electron chi connectivity index (χ3n) is 4.32. The van der Waals surface area contributed by atoms with Gasteiger partial charge in [0.2, 0.25) is 5.91 Å². The van der Waals surface area contributed by atoms with Gasteiger partial charge in [0.1, 0.15) is 17.1 Å². The average molecular weight is 338 g/mol. The number of fused-ring (bicyclic) bond motifs is 1. The molecular weight excluding hydrogens is 316 g/mol. The number of benzene rings is 1. The minimum Gasteiger partial charge on any atom is -0.466 e. The van der Waals surface area contributed by atoms with Crippen LogP contribution in [0.1, 0.15) is 29.6 Å². The maximum absolute atomic E-state index is 12.4. The Morgan fingerprint density at radius 1 is 1.28 bits per heavy atom. The van der Waals surface area contributed by atoms with E-state index < -0.39 is 5.60 Å². The van der Waals surface area contributed by atoms with Crippen LogP contribution in [0, 0.1) is 13.8 Å². The van der Waals surface area contributed by atoms with Crippen LogP contribution in [0.3, 0.4) is 0 Å². The summed E-state index contributed by atoms with van der Waals surface area (Å²) in [6.07, 6.45) is 1.94. The highest BCUT2D eigenvalue weighted by Crippen LogP contribution is 2.26. The molecule has 0 saturated heterocycles. The highest BCUT2D eigenvalue weighted by molar-refractivity contribution is 5.87. The second-order valence-corrected chi connectivity index (χ2v) is 6.55. The van der Waals surface area contributed by atoms with Crippen LogP contribution in [-0.4, -0.2) is 22.5 Å². The van der Waals surface area contributed by atoms with Gasteiger partial charge in [0, 0.05) is 17.1 Å². The normalized spacial score (nSPS) is 13.6. The SMILES string of the molecule is Cc1cc([C@](C)(O)CNC(=O)Cc2cccc3cccnc23)c(C)o1. The molecule has 1 aromatic carbocycles. The van der Waals surface area contributed by atoms with Gasteiger partial charge in [-0.3, -0.25) is 9.78 Å². The van der Waals surface area contributed by atoms with Crippen LogP contribution in [0.4, 0.5) is 0 Å². The van der Waals surface area contributed by atoms with Crippen molar-refractivity contribution in [1.29, 1.82) is 0 Å². The topological polar surface area (TPSA) is 75.4 Å². The molecule has 3 aromatic rings. The Balaban J connectivity index is 1.69. The third-order valence-corrected chi connectivity index (χ3v) is 4.32. The van der Waals surface area contributed by atoms with Crippen molar-refractivity contribution in [2.45, 2.75) is 32.8 Å². The average Bonchev–Trinajstić information content (AvgIpc) is 2.93. The standard InChI is InChI=1S/C20H22N2O3/c1-13-10-17(14(2)25-13)20(3,24)12-22-18(23)11-16-7-4-6-15-8-5-9-21-19(15)16/h4-10,24H,11-12H2,1-3H3,(H,22,23)/t20-/m1/s1. The number of carbonyl (C=O) groups excluding carboxylic acids is 1. The maximum Gasteiger partial charge on any atom is 0.224 e. The van der Waals surface area contributed by atoms with Crippen molar-refractivity contribution in [3.63, 3.8) is 0 Å². The molecule has 25 heavy (non-hydrogen) atoms. The lowest BCUT2D eigenvalue weighted by molar-refractivity contribution is -0.121. The van der Waals surface area contributed by atoms with Crippen molar-refractivity contribution in [2.24, 2.45) is 0 Å². The summed E-state index contributed by atoms with van der Waals surface area (Å²) >= 11 is 0. The van der Waals surface area contributed by atoms with Crippen LogP contribution in [-0.2, 0) is 16.8 Å². The van der Waals surface area contributed by atoms with E-state index in [2.05, 4.69) is 10.3 Å². The molecule has 2 aromatic heterocycles. The Labute approximate surface area is 146 Å². The van der Waals surface area contributed by atoms with Crippen molar-refractivity contribution in [2.75, 3.05) is 6.54 Å². The van der Waals surface area contributed by atoms with Gasteiger partial charge in [0.25, 0.3) is 0 Å². The molecule has 5 heteroatoms. The number of carbonyl (C=O) groups is 1. The van der Waals surface area contributed by atoms with Crippen LogP contribution in [0.25, 0.3) is 10.9 Å². The fourth-order valence-corrected chi connectivity index (χ4v) is 3.08. The van der Waals surface area contributed by atoms with Crippen LogP contribution in [0.5, 0.6) is 0 Å². The zero-order valence-electron chi connectivity index (χ0n) is 14.7. The summed E-state index contributed by atoms with van der Waals surface area (Å²) < 4.78 is 5.47. The number of aliphatic hydroxyl groups is 1. The van der Waals surface area contributed by atoms with Gasteiger partial charge in [0.05, 0.1) is 18.5 Å². The van der Waals surface area contributed by atoms with E-state index in [1.165, 1.54) is 0 Å². The van der Waals surface area contributed by atoms with Gasteiger partial charge in [0.15, 0.2) is 0 Å². The number of aryl methyl sites for hydroxylation is 2. The molecule has 0 aliphatic rings.